The van der Waals surface area contributed by atoms with Crippen LogP contribution in [0.5, 0.6) is 0 Å². The maximum Gasteiger partial charge on any atom is 0.338 e. The van der Waals surface area contributed by atoms with E-state index in [1.54, 1.807) is 12.3 Å². The molecule has 0 saturated heterocycles. The predicted octanol–water partition coefficient (Wildman–Crippen LogP) is 5.26. The van der Waals surface area contributed by atoms with Crippen LogP contribution >= 0.6 is 11.3 Å². The van der Waals surface area contributed by atoms with Gasteiger partial charge in [0, 0.05) is 24.3 Å². The lowest BCUT2D eigenvalue weighted by atomic mass is 9.97. The van der Waals surface area contributed by atoms with E-state index in [2.05, 4.69) is 10.3 Å². The van der Waals surface area contributed by atoms with E-state index in [0.29, 0.717) is 5.56 Å². The summed E-state index contributed by atoms with van der Waals surface area (Å²) in [5, 5.41) is 4.84. The molecule has 0 aliphatic carbocycles. The summed E-state index contributed by atoms with van der Waals surface area (Å²) in [5.74, 6) is -1.00. The van der Waals surface area contributed by atoms with Gasteiger partial charge in [-0.2, -0.15) is 0 Å². The van der Waals surface area contributed by atoms with Crippen molar-refractivity contribution in [2.24, 2.45) is 5.73 Å². The number of amides is 1. The van der Waals surface area contributed by atoms with Gasteiger partial charge in [-0.25, -0.2) is 4.79 Å². The number of fused-ring (bicyclic) bond motifs is 1. The summed E-state index contributed by atoms with van der Waals surface area (Å²) >= 11 is 1.49. The van der Waals surface area contributed by atoms with Gasteiger partial charge in [0.1, 0.15) is 6.61 Å². The van der Waals surface area contributed by atoms with E-state index < -0.39 is 5.92 Å². The number of rotatable bonds is 7. The summed E-state index contributed by atoms with van der Waals surface area (Å²) in [6, 6.07) is 15.0. The topological polar surface area (TPSA) is 94.3 Å². The lowest BCUT2D eigenvalue weighted by Gasteiger charge is -2.15. The number of hydrogen-bond donors (Lipinski definition) is 2. The minimum atomic E-state index is -0.490. The lowest BCUT2D eigenvalue weighted by Crippen LogP contribution is -2.27. The number of anilines is 1. The Bertz CT molecular complexity index is 1350. The monoisotopic (exact) mass is 473 g/mol. The van der Waals surface area contributed by atoms with Crippen molar-refractivity contribution in [1.82, 2.24) is 4.98 Å². The number of thiophene rings is 1. The third-order valence-corrected chi connectivity index (χ3v) is 6.78. The van der Waals surface area contributed by atoms with Crippen molar-refractivity contribution < 1.29 is 14.3 Å². The number of aromatic nitrogens is 1. The van der Waals surface area contributed by atoms with E-state index in [4.69, 9.17) is 10.5 Å². The van der Waals surface area contributed by atoms with E-state index in [-0.39, 0.29) is 25.0 Å². The van der Waals surface area contributed by atoms with E-state index in [1.165, 1.54) is 11.3 Å². The number of nitrogens with two attached hydrogens (primary N) is 1. The first kappa shape index (κ1) is 23.6. The zero-order chi connectivity index (χ0) is 24.2. The first-order valence-electron chi connectivity index (χ1n) is 11.0. The Kier molecular flexibility index (Phi) is 7.05. The molecule has 2 aromatic heterocycles. The van der Waals surface area contributed by atoms with Crippen LogP contribution in [0.25, 0.3) is 10.1 Å². The van der Waals surface area contributed by atoms with Gasteiger partial charge in [-0.05, 0) is 55.2 Å². The molecule has 4 rings (SSSR count). The smallest absolute Gasteiger partial charge is 0.338 e. The number of pyridine rings is 1. The van der Waals surface area contributed by atoms with Crippen molar-refractivity contribution in [1.29, 1.82) is 0 Å². The highest BCUT2D eigenvalue weighted by molar-refractivity contribution is 7.23. The first-order valence-corrected chi connectivity index (χ1v) is 11.9. The van der Waals surface area contributed by atoms with Crippen molar-refractivity contribution in [3.8, 4) is 0 Å². The van der Waals surface area contributed by atoms with Crippen LogP contribution in [0, 0.1) is 20.8 Å². The molecular weight excluding hydrogens is 446 g/mol. The zero-order valence-corrected chi connectivity index (χ0v) is 20.2. The zero-order valence-electron chi connectivity index (χ0n) is 19.4. The second-order valence-electron chi connectivity index (χ2n) is 8.39. The van der Waals surface area contributed by atoms with E-state index >= 15 is 0 Å². The normalized spacial score (nSPS) is 11.9. The van der Waals surface area contributed by atoms with E-state index in [0.717, 1.165) is 42.9 Å². The molecule has 0 unspecified atom stereocenters. The molecule has 0 spiro atoms. The molecule has 1 amide bonds. The first-order chi connectivity index (χ1) is 16.4. The number of esters is 1. The van der Waals surface area contributed by atoms with Gasteiger partial charge in [-0.3, -0.25) is 9.78 Å². The molecule has 0 radical (unpaired) electrons. The maximum atomic E-state index is 12.9. The summed E-state index contributed by atoms with van der Waals surface area (Å²) in [7, 11) is 0. The number of benzene rings is 2. The largest absolute Gasteiger partial charge is 0.457 e. The molecule has 3 N–H and O–H groups in total. The Balaban J connectivity index is 1.40. The van der Waals surface area contributed by atoms with Gasteiger partial charge < -0.3 is 15.8 Å². The summed E-state index contributed by atoms with van der Waals surface area (Å²) in [6.45, 7) is 6.21. The van der Waals surface area contributed by atoms with Crippen LogP contribution in [0.2, 0.25) is 0 Å². The molecule has 0 aliphatic rings. The van der Waals surface area contributed by atoms with Gasteiger partial charge >= 0.3 is 5.97 Å². The van der Waals surface area contributed by atoms with Crippen molar-refractivity contribution in [2.75, 3.05) is 11.9 Å². The molecule has 7 heteroatoms. The van der Waals surface area contributed by atoms with Gasteiger partial charge in [0.15, 0.2) is 0 Å². The molecule has 0 fully saturated rings. The average Bonchev–Trinajstić information content (AvgIpc) is 3.22. The minimum Gasteiger partial charge on any atom is -0.457 e. The molecule has 174 valence electrons. The highest BCUT2D eigenvalue weighted by Gasteiger charge is 2.20. The summed E-state index contributed by atoms with van der Waals surface area (Å²) in [4.78, 5) is 29.6. The molecule has 1 atom stereocenters. The van der Waals surface area contributed by atoms with Crippen LogP contribution in [-0.2, 0) is 16.1 Å². The summed E-state index contributed by atoms with van der Waals surface area (Å²) < 4.78 is 6.51. The maximum absolute atomic E-state index is 12.9. The lowest BCUT2D eigenvalue weighted by molar-refractivity contribution is -0.117. The number of hydrogen-bond acceptors (Lipinski definition) is 6. The second-order valence-corrected chi connectivity index (χ2v) is 9.48. The van der Waals surface area contributed by atoms with Gasteiger partial charge in [-0.1, -0.05) is 42.0 Å². The van der Waals surface area contributed by atoms with Crippen molar-refractivity contribution >= 4 is 38.3 Å². The van der Waals surface area contributed by atoms with E-state index in [1.807, 2.05) is 69.4 Å². The molecule has 0 saturated carbocycles. The Morgan fingerprint density at radius 2 is 1.79 bits per heavy atom. The molecule has 6 nitrogen and oxygen atoms in total. The number of aryl methyl sites for hydroxylation is 3. The highest BCUT2D eigenvalue weighted by atomic mass is 32.1. The third-order valence-electron chi connectivity index (χ3n) is 5.80. The number of ether oxygens (including phenoxy) is 1. The molecule has 4 aromatic rings. The standard InChI is InChI=1S/C27H27N3O3S/c1-16-4-9-21(17(2)10-16)27(32)33-15-19-5-7-20(8-6-19)23(12-28)26(31)30-25-11-22-18(3)13-29-14-24(22)34-25/h4-11,13-14,23H,12,15,28H2,1-3H3,(H,30,31)/t23-/m1/s1. The van der Waals surface area contributed by atoms with Gasteiger partial charge in [-0.15, -0.1) is 11.3 Å². The van der Waals surface area contributed by atoms with Crippen LogP contribution in [0.3, 0.4) is 0 Å². The Hall–Kier alpha value is -3.55. The fourth-order valence-electron chi connectivity index (χ4n) is 3.88. The molecule has 34 heavy (non-hydrogen) atoms. The Labute approximate surface area is 202 Å². The molecule has 2 heterocycles. The van der Waals surface area contributed by atoms with Crippen molar-refractivity contribution in [3.63, 3.8) is 0 Å². The Morgan fingerprint density at radius 3 is 2.47 bits per heavy atom. The molecule has 0 aliphatic heterocycles. The Morgan fingerprint density at radius 1 is 1.03 bits per heavy atom. The molecule has 2 aromatic carbocycles. The minimum absolute atomic E-state index is 0.154. The fourth-order valence-corrected chi connectivity index (χ4v) is 4.88. The van der Waals surface area contributed by atoms with Crippen LogP contribution < -0.4 is 11.1 Å². The number of carbonyl (C=O) groups is 2. The van der Waals surface area contributed by atoms with Gasteiger partial charge in [0.25, 0.3) is 0 Å². The average molecular weight is 474 g/mol. The van der Waals surface area contributed by atoms with Crippen molar-refractivity contribution in [3.05, 3.63) is 94.3 Å². The molecular formula is C27H27N3O3S. The predicted molar refractivity (Wildman–Crippen MR) is 136 cm³/mol. The van der Waals surface area contributed by atoms with Crippen LogP contribution in [0.15, 0.2) is 60.9 Å². The number of carbonyl (C=O) groups excluding carboxylic acids is 2. The second kappa shape index (κ2) is 10.2. The quantitative estimate of drug-likeness (QED) is 0.357. The molecule has 0 bridgehead atoms. The highest BCUT2D eigenvalue weighted by Crippen LogP contribution is 2.31. The fraction of sp³-hybridized carbons (Fsp3) is 0.222. The van der Waals surface area contributed by atoms with Crippen molar-refractivity contribution in [2.45, 2.75) is 33.3 Å². The number of nitrogens with one attached hydrogen (secondary N) is 1. The third kappa shape index (κ3) is 5.16. The van der Waals surface area contributed by atoms with E-state index in [9.17, 15) is 9.59 Å². The van der Waals surface area contributed by atoms with Gasteiger partial charge in [0.05, 0.1) is 21.2 Å². The van der Waals surface area contributed by atoms with Gasteiger partial charge in [0.2, 0.25) is 5.91 Å². The SMILES string of the molecule is Cc1ccc(C(=O)OCc2ccc([C@@H](CN)C(=O)Nc3cc4c(C)cncc4s3)cc2)c(C)c1. The summed E-state index contributed by atoms with van der Waals surface area (Å²) in [5.41, 5.74) is 11.2. The van der Waals surface area contributed by atoms with Crippen LogP contribution in [0.1, 0.15) is 44.1 Å². The summed E-state index contributed by atoms with van der Waals surface area (Å²) in [6.07, 6.45) is 3.61. The number of nitrogens with zero attached hydrogens (tertiary/aromatic N) is 1. The van der Waals surface area contributed by atoms with Crippen LogP contribution in [-0.4, -0.2) is 23.4 Å². The van der Waals surface area contributed by atoms with Crippen LogP contribution in [0.4, 0.5) is 5.00 Å².